The van der Waals surface area contributed by atoms with Gasteiger partial charge in [-0.15, -0.1) is 13.2 Å². The van der Waals surface area contributed by atoms with Gasteiger partial charge in [-0.2, -0.15) is 0 Å². The van der Waals surface area contributed by atoms with Crippen LogP contribution in [0.5, 0.6) is 5.75 Å². The number of alkyl halides is 3. The summed E-state index contributed by atoms with van der Waals surface area (Å²) in [6.45, 7) is 1.81. The van der Waals surface area contributed by atoms with Crippen LogP contribution in [-0.2, 0) is 10.4 Å². The van der Waals surface area contributed by atoms with Gasteiger partial charge in [0.15, 0.2) is 5.60 Å². The van der Waals surface area contributed by atoms with Crippen LogP contribution in [0.15, 0.2) is 29.4 Å². The van der Waals surface area contributed by atoms with Crippen molar-refractivity contribution >= 4 is 20.6 Å². The van der Waals surface area contributed by atoms with Crippen molar-refractivity contribution < 1.29 is 22.7 Å². The molecule has 1 atom stereocenters. The van der Waals surface area contributed by atoms with E-state index in [1.54, 1.807) is 0 Å². The number of hydrogen-bond acceptors (Lipinski definition) is 3. The predicted octanol–water partition coefficient (Wildman–Crippen LogP) is 3.93. The molecule has 1 aliphatic rings. The van der Waals surface area contributed by atoms with E-state index in [0.29, 0.717) is 11.0 Å². The second-order valence-electron chi connectivity index (χ2n) is 4.04. The van der Waals surface area contributed by atoms with Crippen LogP contribution < -0.4 is 4.74 Å². The van der Waals surface area contributed by atoms with Crippen LogP contribution in [0.2, 0.25) is 0 Å². The number of rotatable bonds is 2. The quantitative estimate of drug-likeness (QED) is 0.825. The first kappa shape index (κ1) is 13.2. The van der Waals surface area contributed by atoms with Crippen molar-refractivity contribution in [3.63, 3.8) is 0 Å². The minimum Gasteiger partial charge on any atom is -0.406 e. The summed E-state index contributed by atoms with van der Waals surface area (Å²) < 4.78 is 40.5. The van der Waals surface area contributed by atoms with Crippen molar-refractivity contribution in [3.8, 4) is 5.75 Å². The monoisotopic (exact) mass is 323 g/mol. The normalized spacial score (nSPS) is 23.5. The summed E-state index contributed by atoms with van der Waals surface area (Å²) in [6, 6.07) is 5.57. The fourth-order valence-corrected chi connectivity index (χ4v) is 2.26. The molecule has 0 aliphatic carbocycles. The molecule has 0 bridgehead atoms. The number of halogens is 4. The van der Waals surface area contributed by atoms with Gasteiger partial charge in [0.1, 0.15) is 10.4 Å². The smallest absolute Gasteiger partial charge is 0.406 e. The Morgan fingerprint density at radius 3 is 2.39 bits per heavy atom. The second kappa shape index (κ2) is 4.46. The minimum absolute atomic E-state index is 0.257. The molecule has 7 heteroatoms. The molecular formula is C11H9BrF3NO2. The van der Waals surface area contributed by atoms with E-state index in [-0.39, 0.29) is 5.75 Å². The Balaban J connectivity index is 2.13. The standard InChI is InChI=1S/C11H9BrF3NO2/c1-10(6-9(12)16-18-10)7-2-4-8(5-3-7)17-11(13,14)15/h2-5H,6H2,1H3/t10-/m1/s1. The van der Waals surface area contributed by atoms with Crippen LogP contribution in [0.1, 0.15) is 18.9 Å². The van der Waals surface area contributed by atoms with Gasteiger partial charge in [-0.05, 0) is 40.5 Å². The number of benzene rings is 1. The highest BCUT2D eigenvalue weighted by atomic mass is 79.9. The highest BCUT2D eigenvalue weighted by Gasteiger charge is 2.36. The highest BCUT2D eigenvalue weighted by Crippen LogP contribution is 2.36. The Bertz CT molecular complexity index is 472. The number of ether oxygens (including phenoxy) is 1. The van der Waals surface area contributed by atoms with E-state index in [4.69, 9.17) is 4.84 Å². The molecule has 0 saturated heterocycles. The summed E-state index contributed by atoms with van der Waals surface area (Å²) in [5.41, 5.74) is 0.0745. The van der Waals surface area contributed by atoms with Crippen LogP contribution in [0.25, 0.3) is 0 Å². The third kappa shape index (κ3) is 2.95. The van der Waals surface area contributed by atoms with Gasteiger partial charge in [0.25, 0.3) is 0 Å². The summed E-state index contributed by atoms with van der Waals surface area (Å²) in [7, 11) is 0. The molecule has 1 heterocycles. The van der Waals surface area contributed by atoms with Gasteiger partial charge in [-0.1, -0.05) is 17.3 Å². The molecule has 3 nitrogen and oxygen atoms in total. The SMILES string of the molecule is C[C@]1(c2ccc(OC(F)(F)F)cc2)CC(Br)=NO1. The first-order valence-electron chi connectivity index (χ1n) is 5.05. The van der Waals surface area contributed by atoms with E-state index in [0.717, 1.165) is 5.56 Å². The molecule has 0 radical (unpaired) electrons. The number of hydrogen-bond donors (Lipinski definition) is 0. The average molecular weight is 324 g/mol. The lowest BCUT2D eigenvalue weighted by Crippen LogP contribution is -2.21. The molecule has 0 N–H and O–H groups in total. The fourth-order valence-electron chi connectivity index (χ4n) is 1.66. The highest BCUT2D eigenvalue weighted by molar-refractivity contribution is 9.18. The molecule has 0 unspecified atom stereocenters. The van der Waals surface area contributed by atoms with E-state index >= 15 is 0 Å². The maximum absolute atomic E-state index is 12.0. The average Bonchev–Trinajstić information content (AvgIpc) is 2.58. The van der Waals surface area contributed by atoms with E-state index < -0.39 is 12.0 Å². The predicted molar refractivity (Wildman–Crippen MR) is 62.5 cm³/mol. The molecule has 1 aromatic carbocycles. The minimum atomic E-state index is -4.68. The summed E-state index contributed by atoms with van der Waals surface area (Å²) in [5.74, 6) is -0.257. The van der Waals surface area contributed by atoms with E-state index in [1.807, 2.05) is 6.92 Å². The van der Waals surface area contributed by atoms with Gasteiger partial charge in [0.2, 0.25) is 0 Å². The lowest BCUT2D eigenvalue weighted by atomic mass is 9.93. The molecule has 98 valence electrons. The molecule has 0 fully saturated rings. The topological polar surface area (TPSA) is 30.8 Å². The molecule has 1 aliphatic heterocycles. The Morgan fingerprint density at radius 1 is 1.33 bits per heavy atom. The second-order valence-corrected chi connectivity index (χ2v) is 4.95. The van der Waals surface area contributed by atoms with Gasteiger partial charge in [0.05, 0.1) is 0 Å². The number of nitrogens with zero attached hydrogens (tertiary/aromatic N) is 1. The fraction of sp³-hybridized carbons (Fsp3) is 0.364. The molecule has 1 aromatic rings. The first-order chi connectivity index (χ1) is 8.28. The molecule has 0 amide bonds. The largest absolute Gasteiger partial charge is 0.573 e. The molecule has 2 rings (SSSR count). The van der Waals surface area contributed by atoms with Gasteiger partial charge >= 0.3 is 6.36 Å². The zero-order valence-electron chi connectivity index (χ0n) is 9.29. The molecule has 0 spiro atoms. The van der Waals surface area contributed by atoms with Crippen LogP contribution >= 0.6 is 15.9 Å². The van der Waals surface area contributed by atoms with E-state index in [1.165, 1.54) is 24.3 Å². The summed E-state index contributed by atoms with van der Waals surface area (Å²) in [5, 5.41) is 3.77. The molecule has 18 heavy (non-hydrogen) atoms. The van der Waals surface area contributed by atoms with Crippen molar-refractivity contribution in [3.05, 3.63) is 29.8 Å². The zero-order chi connectivity index (χ0) is 13.4. The van der Waals surface area contributed by atoms with Gasteiger partial charge in [-0.3, -0.25) is 0 Å². The maximum Gasteiger partial charge on any atom is 0.573 e. The Morgan fingerprint density at radius 2 is 1.94 bits per heavy atom. The summed E-state index contributed by atoms with van der Waals surface area (Å²) >= 11 is 3.22. The first-order valence-corrected chi connectivity index (χ1v) is 5.85. The summed E-state index contributed by atoms with van der Waals surface area (Å²) in [6.07, 6.45) is -4.14. The molecular weight excluding hydrogens is 315 g/mol. The Hall–Kier alpha value is -1.24. The lowest BCUT2D eigenvalue weighted by molar-refractivity contribution is -0.274. The van der Waals surface area contributed by atoms with Crippen LogP contribution in [0.4, 0.5) is 13.2 Å². The lowest BCUT2D eigenvalue weighted by Gasteiger charge is -2.21. The Kier molecular flexibility index (Phi) is 3.27. The van der Waals surface area contributed by atoms with Crippen molar-refractivity contribution in [2.75, 3.05) is 0 Å². The Labute approximate surface area is 110 Å². The van der Waals surface area contributed by atoms with Crippen molar-refractivity contribution in [1.29, 1.82) is 0 Å². The molecule has 0 aromatic heterocycles. The number of oxime groups is 1. The third-order valence-corrected chi connectivity index (χ3v) is 2.95. The van der Waals surface area contributed by atoms with Crippen LogP contribution in [-0.4, -0.2) is 11.0 Å². The van der Waals surface area contributed by atoms with E-state index in [9.17, 15) is 13.2 Å². The van der Waals surface area contributed by atoms with Crippen molar-refractivity contribution in [2.24, 2.45) is 5.16 Å². The van der Waals surface area contributed by atoms with E-state index in [2.05, 4.69) is 25.8 Å². The van der Waals surface area contributed by atoms with Gasteiger partial charge < -0.3 is 9.57 Å². The van der Waals surface area contributed by atoms with Crippen LogP contribution in [0, 0.1) is 0 Å². The van der Waals surface area contributed by atoms with Crippen molar-refractivity contribution in [1.82, 2.24) is 0 Å². The maximum atomic E-state index is 12.0. The molecule has 0 saturated carbocycles. The summed E-state index contributed by atoms with van der Waals surface area (Å²) in [4.78, 5) is 5.26. The zero-order valence-corrected chi connectivity index (χ0v) is 10.9. The van der Waals surface area contributed by atoms with Crippen molar-refractivity contribution in [2.45, 2.75) is 25.3 Å². The van der Waals surface area contributed by atoms with Gasteiger partial charge in [-0.25, -0.2) is 0 Å². The van der Waals surface area contributed by atoms with Gasteiger partial charge in [0, 0.05) is 6.42 Å². The third-order valence-electron chi connectivity index (χ3n) is 2.53. The van der Waals surface area contributed by atoms with Crippen LogP contribution in [0.3, 0.4) is 0 Å².